The summed E-state index contributed by atoms with van der Waals surface area (Å²) in [5.41, 5.74) is 3.01. The number of carbonyl (C=O) groups excluding carboxylic acids is 1. The lowest BCUT2D eigenvalue weighted by atomic mass is 10.1. The fourth-order valence-corrected chi connectivity index (χ4v) is 2.37. The smallest absolute Gasteiger partial charge is 0.255 e. The van der Waals surface area contributed by atoms with Gasteiger partial charge in [-0.05, 0) is 24.3 Å². The average molecular weight is 308 g/mol. The summed E-state index contributed by atoms with van der Waals surface area (Å²) in [6.45, 7) is 1.45. The van der Waals surface area contributed by atoms with Crippen molar-refractivity contribution in [3.63, 3.8) is 0 Å². The molecule has 0 radical (unpaired) electrons. The highest BCUT2D eigenvalue weighted by atomic mass is 16.1. The molecule has 0 aliphatic heterocycles. The summed E-state index contributed by atoms with van der Waals surface area (Å²) in [7, 11) is 1.84. The number of rotatable bonds is 3. The van der Waals surface area contributed by atoms with E-state index in [1.165, 1.54) is 13.0 Å². The molecule has 0 spiro atoms. The van der Waals surface area contributed by atoms with Crippen LogP contribution in [0, 0.1) is 0 Å². The average Bonchev–Trinajstić information content (AvgIpc) is 2.94. The third-order valence-electron chi connectivity index (χ3n) is 3.39. The van der Waals surface area contributed by atoms with E-state index in [1.807, 2.05) is 19.3 Å². The van der Waals surface area contributed by atoms with Crippen molar-refractivity contribution in [3.05, 3.63) is 65.3 Å². The SMILES string of the molecule is CC(=O)Nc1cccc(-n2cc(-c3cnn(C)c3)ccc2=O)c1. The minimum Gasteiger partial charge on any atom is -0.326 e. The Morgan fingerprint density at radius 2 is 1.96 bits per heavy atom. The van der Waals surface area contributed by atoms with Gasteiger partial charge in [-0.3, -0.25) is 18.8 Å². The Morgan fingerprint density at radius 3 is 2.65 bits per heavy atom. The number of nitrogens with zero attached hydrogens (tertiary/aromatic N) is 3. The summed E-state index contributed by atoms with van der Waals surface area (Å²) >= 11 is 0. The van der Waals surface area contributed by atoms with Gasteiger partial charge in [0.05, 0.1) is 11.9 Å². The molecule has 23 heavy (non-hydrogen) atoms. The number of aromatic nitrogens is 3. The molecule has 0 aliphatic rings. The molecule has 2 heterocycles. The van der Waals surface area contributed by atoms with E-state index in [0.29, 0.717) is 11.4 Å². The summed E-state index contributed by atoms with van der Waals surface area (Å²) in [5, 5.41) is 6.86. The van der Waals surface area contributed by atoms with Crippen molar-refractivity contribution in [2.45, 2.75) is 6.92 Å². The molecule has 3 aromatic rings. The first kappa shape index (κ1) is 14.8. The number of carbonyl (C=O) groups is 1. The Labute approximate surface area is 133 Å². The first-order valence-corrected chi connectivity index (χ1v) is 7.13. The fourth-order valence-electron chi connectivity index (χ4n) is 2.37. The molecule has 1 amide bonds. The van der Waals surface area contributed by atoms with Gasteiger partial charge in [-0.25, -0.2) is 0 Å². The lowest BCUT2D eigenvalue weighted by molar-refractivity contribution is -0.114. The first-order valence-electron chi connectivity index (χ1n) is 7.13. The predicted molar refractivity (Wildman–Crippen MR) is 88.5 cm³/mol. The number of nitrogens with one attached hydrogen (secondary N) is 1. The molecule has 3 rings (SSSR count). The second-order valence-corrected chi connectivity index (χ2v) is 5.26. The van der Waals surface area contributed by atoms with Crippen LogP contribution >= 0.6 is 0 Å². The second-order valence-electron chi connectivity index (χ2n) is 5.26. The van der Waals surface area contributed by atoms with Crippen molar-refractivity contribution in [2.75, 3.05) is 5.32 Å². The Balaban J connectivity index is 2.06. The topological polar surface area (TPSA) is 68.9 Å². The van der Waals surface area contributed by atoms with Crippen LogP contribution in [0.5, 0.6) is 0 Å². The standard InChI is InChI=1S/C17H16N4O2/c1-12(22)19-15-4-3-5-16(8-15)21-11-13(6-7-17(21)23)14-9-18-20(2)10-14/h3-11H,1-2H3,(H,19,22). The van der Waals surface area contributed by atoms with Gasteiger partial charge >= 0.3 is 0 Å². The van der Waals surface area contributed by atoms with Crippen molar-refractivity contribution in [2.24, 2.45) is 7.05 Å². The molecule has 0 bridgehead atoms. The Kier molecular flexibility index (Phi) is 3.80. The van der Waals surface area contributed by atoms with E-state index in [4.69, 9.17) is 0 Å². The van der Waals surface area contributed by atoms with Crippen LogP contribution in [0.2, 0.25) is 0 Å². The summed E-state index contributed by atoms with van der Waals surface area (Å²) in [6, 6.07) is 10.4. The van der Waals surface area contributed by atoms with Crippen LogP contribution in [0.25, 0.3) is 16.8 Å². The molecule has 0 saturated carbocycles. The maximum Gasteiger partial charge on any atom is 0.255 e. The summed E-state index contributed by atoms with van der Waals surface area (Å²) in [6.07, 6.45) is 5.40. The van der Waals surface area contributed by atoms with Gasteiger partial charge < -0.3 is 5.32 Å². The molecule has 2 aromatic heterocycles. The number of benzene rings is 1. The number of anilines is 1. The van der Waals surface area contributed by atoms with Gasteiger partial charge in [0.1, 0.15) is 0 Å². The van der Waals surface area contributed by atoms with Crippen LogP contribution in [0.15, 0.2) is 59.8 Å². The molecule has 0 unspecified atom stereocenters. The summed E-state index contributed by atoms with van der Waals surface area (Å²) in [4.78, 5) is 23.4. The third-order valence-corrected chi connectivity index (χ3v) is 3.39. The molecule has 1 aromatic carbocycles. The van der Waals surface area contributed by atoms with Crippen molar-refractivity contribution >= 4 is 11.6 Å². The Bertz CT molecular complexity index is 924. The number of amides is 1. The van der Waals surface area contributed by atoms with Crippen molar-refractivity contribution in [1.82, 2.24) is 14.3 Å². The molecule has 6 heteroatoms. The minimum absolute atomic E-state index is 0.141. The lowest BCUT2D eigenvalue weighted by Crippen LogP contribution is -2.16. The second kappa shape index (κ2) is 5.92. The maximum absolute atomic E-state index is 12.2. The maximum atomic E-state index is 12.2. The zero-order chi connectivity index (χ0) is 16.4. The summed E-state index contributed by atoms with van der Waals surface area (Å²) < 4.78 is 3.26. The number of pyridine rings is 1. The normalized spacial score (nSPS) is 10.5. The van der Waals surface area contributed by atoms with Crippen LogP contribution < -0.4 is 10.9 Å². The number of hydrogen-bond acceptors (Lipinski definition) is 3. The molecule has 0 saturated heterocycles. The summed E-state index contributed by atoms with van der Waals surface area (Å²) in [5.74, 6) is -0.154. The zero-order valence-electron chi connectivity index (χ0n) is 12.9. The zero-order valence-corrected chi connectivity index (χ0v) is 12.9. The van der Waals surface area contributed by atoms with E-state index in [9.17, 15) is 9.59 Å². The van der Waals surface area contributed by atoms with Crippen LogP contribution in [-0.4, -0.2) is 20.3 Å². The van der Waals surface area contributed by atoms with E-state index < -0.39 is 0 Å². The Hall–Kier alpha value is -3.15. The molecule has 116 valence electrons. The van der Waals surface area contributed by atoms with E-state index >= 15 is 0 Å². The van der Waals surface area contributed by atoms with Gasteiger partial charge in [0.25, 0.3) is 5.56 Å². The minimum atomic E-state index is -0.154. The van der Waals surface area contributed by atoms with Crippen LogP contribution in [-0.2, 0) is 11.8 Å². The van der Waals surface area contributed by atoms with Crippen LogP contribution in [0.1, 0.15) is 6.92 Å². The van der Waals surface area contributed by atoms with Crippen molar-refractivity contribution in [1.29, 1.82) is 0 Å². The highest BCUT2D eigenvalue weighted by Gasteiger charge is 2.06. The third kappa shape index (κ3) is 3.21. The number of hydrogen-bond donors (Lipinski definition) is 1. The van der Waals surface area contributed by atoms with Gasteiger partial charge in [0.15, 0.2) is 0 Å². The fraction of sp³-hybridized carbons (Fsp3) is 0.118. The molecule has 0 fully saturated rings. The van der Waals surface area contributed by atoms with Crippen molar-refractivity contribution in [3.8, 4) is 16.8 Å². The lowest BCUT2D eigenvalue weighted by Gasteiger charge is -2.09. The molecule has 0 aliphatic carbocycles. The quantitative estimate of drug-likeness (QED) is 0.806. The molecule has 6 nitrogen and oxygen atoms in total. The van der Waals surface area contributed by atoms with E-state index in [1.54, 1.807) is 45.9 Å². The first-order chi connectivity index (χ1) is 11.0. The van der Waals surface area contributed by atoms with Gasteiger partial charge in [-0.2, -0.15) is 5.10 Å². The number of aryl methyl sites for hydroxylation is 1. The van der Waals surface area contributed by atoms with Crippen molar-refractivity contribution < 1.29 is 4.79 Å². The van der Waals surface area contributed by atoms with Gasteiger partial charge in [-0.15, -0.1) is 0 Å². The van der Waals surface area contributed by atoms with Gasteiger partial charge in [0, 0.05) is 49.2 Å². The van der Waals surface area contributed by atoms with Crippen LogP contribution in [0.3, 0.4) is 0 Å². The van der Waals surface area contributed by atoms with E-state index in [-0.39, 0.29) is 11.5 Å². The molecule has 0 atom stereocenters. The Morgan fingerprint density at radius 1 is 1.13 bits per heavy atom. The molecular weight excluding hydrogens is 292 g/mol. The highest BCUT2D eigenvalue weighted by molar-refractivity contribution is 5.88. The van der Waals surface area contributed by atoms with Gasteiger partial charge in [-0.1, -0.05) is 6.07 Å². The molecule has 1 N–H and O–H groups in total. The van der Waals surface area contributed by atoms with E-state index in [0.717, 1.165) is 11.1 Å². The van der Waals surface area contributed by atoms with Gasteiger partial charge in [0.2, 0.25) is 5.91 Å². The monoisotopic (exact) mass is 308 g/mol. The highest BCUT2D eigenvalue weighted by Crippen LogP contribution is 2.19. The molecular formula is C17H16N4O2. The predicted octanol–water partition coefficient (Wildman–Crippen LogP) is 2.20. The van der Waals surface area contributed by atoms with Crippen LogP contribution in [0.4, 0.5) is 5.69 Å². The largest absolute Gasteiger partial charge is 0.326 e. The van der Waals surface area contributed by atoms with E-state index in [2.05, 4.69) is 10.4 Å².